The van der Waals surface area contributed by atoms with E-state index in [0.717, 1.165) is 30.0 Å². The molecule has 0 atom stereocenters. The van der Waals surface area contributed by atoms with Crippen LogP contribution in [0.15, 0.2) is 70.5 Å². The van der Waals surface area contributed by atoms with E-state index >= 15 is 0 Å². The van der Waals surface area contributed by atoms with Crippen LogP contribution in [-0.2, 0) is 19.3 Å². The van der Waals surface area contributed by atoms with Crippen LogP contribution >= 0.6 is 23.1 Å². The summed E-state index contributed by atoms with van der Waals surface area (Å²) in [6.45, 7) is 2.45. The lowest BCUT2D eigenvalue weighted by molar-refractivity contribution is -0.690. The minimum absolute atomic E-state index is 0.0753. The Hall–Kier alpha value is -3.44. The molecular formula is C27H21F5N3OS2+. The van der Waals surface area contributed by atoms with Crippen LogP contribution in [0.5, 0.6) is 0 Å². The molecule has 1 aliphatic heterocycles. The maximum atomic E-state index is 13.7. The van der Waals surface area contributed by atoms with Gasteiger partial charge in [-0.3, -0.25) is 9.36 Å². The molecule has 11 heteroatoms. The summed E-state index contributed by atoms with van der Waals surface area (Å²) in [5, 5.41) is 0.441. The van der Waals surface area contributed by atoms with Gasteiger partial charge in [0.1, 0.15) is 14.2 Å². The van der Waals surface area contributed by atoms with E-state index in [1.54, 1.807) is 34.8 Å². The van der Waals surface area contributed by atoms with E-state index in [-0.39, 0.29) is 17.0 Å². The minimum atomic E-state index is -4.51. The van der Waals surface area contributed by atoms with Crippen molar-refractivity contribution in [2.75, 3.05) is 11.9 Å². The van der Waals surface area contributed by atoms with Gasteiger partial charge in [0, 0.05) is 42.3 Å². The van der Waals surface area contributed by atoms with Crippen molar-refractivity contribution in [3.8, 4) is 0 Å². The molecule has 196 valence electrons. The zero-order valence-electron chi connectivity index (χ0n) is 20.2. The maximum absolute atomic E-state index is 13.7. The molecule has 0 saturated carbocycles. The van der Waals surface area contributed by atoms with Gasteiger partial charge in [-0.1, -0.05) is 17.8 Å². The molecule has 38 heavy (non-hydrogen) atoms. The number of rotatable bonds is 4. The summed E-state index contributed by atoms with van der Waals surface area (Å²) in [5.41, 5.74) is 0.652. The first-order valence-electron chi connectivity index (χ1n) is 11.6. The predicted octanol–water partition coefficient (Wildman–Crippen LogP) is 4.70. The number of hydrogen-bond donors (Lipinski definition) is 0. The Balaban J connectivity index is 1.63. The molecule has 0 radical (unpaired) electrons. The summed E-state index contributed by atoms with van der Waals surface area (Å²) >= 11 is 2.15. The molecule has 0 unspecified atom stereocenters. The third kappa shape index (κ3) is 4.76. The van der Waals surface area contributed by atoms with E-state index in [4.69, 9.17) is 0 Å². The highest BCUT2D eigenvalue weighted by Gasteiger charge is 2.38. The van der Waals surface area contributed by atoms with Gasteiger partial charge in [-0.25, -0.2) is 8.78 Å². The number of thiazole rings is 1. The first kappa shape index (κ1) is 26.2. The summed E-state index contributed by atoms with van der Waals surface area (Å²) < 4.78 is 72.4. The second-order valence-corrected chi connectivity index (χ2v) is 10.6. The molecule has 0 aliphatic carbocycles. The number of thioether (sulfide) groups is 1. The van der Waals surface area contributed by atoms with E-state index in [0.29, 0.717) is 37.7 Å². The maximum Gasteiger partial charge on any atom is 0.417 e. The molecule has 0 spiro atoms. The molecule has 0 saturated heterocycles. The number of benzene rings is 2. The topological polar surface area (TPSA) is 29.1 Å². The highest BCUT2D eigenvalue weighted by Crippen LogP contribution is 2.50. The second-order valence-electron chi connectivity index (χ2n) is 8.58. The largest absolute Gasteiger partial charge is 0.417 e. The number of halogens is 5. The van der Waals surface area contributed by atoms with Gasteiger partial charge in [-0.2, -0.15) is 17.7 Å². The Labute approximate surface area is 222 Å². The van der Waals surface area contributed by atoms with Crippen molar-refractivity contribution in [1.82, 2.24) is 4.57 Å². The smallest absolute Gasteiger partial charge is 0.337 e. The number of pyridine rings is 1. The molecule has 1 aliphatic rings. The van der Waals surface area contributed by atoms with Gasteiger partial charge in [0.05, 0.1) is 11.3 Å². The van der Waals surface area contributed by atoms with Gasteiger partial charge in [0.2, 0.25) is 5.69 Å². The van der Waals surface area contributed by atoms with Crippen LogP contribution in [0.3, 0.4) is 0 Å². The van der Waals surface area contributed by atoms with E-state index < -0.39 is 23.4 Å². The average molecular weight is 563 g/mol. The predicted molar refractivity (Wildman–Crippen MR) is 138 cm³/mol. The molecule has 0 N–H and O–H groups in total. The van der Waals surface area contributed by atoms with Gasteiger partial charge in [-0.05, 0) is 43.3 Å². The Kier molecular flexibility index (Phi) is 6.91. The Morgan fingerprint density at radius 2 is 1.82 bits per heavy atom. The van der Waals surface area contributed by atoms with Crippen molar-refractivity contribution >= 4 is 39.9 Å². The number of aromatic nitrogens is 2. The third-order valence-corrected chi connectivity index (χ3v) is 8.72. The summed E-state index contributed by atoms with van der Waals surface area (Å²) in [7, 11) is 1.65. The lowest BCUT2D eigenvalue weighted by atomic mass is 10.2. The van der Waals surface area contributed by atoms with Gasteiger partial charge < -0.3 is 4.90 Å². The fraction of sp³-hybridized carbons (Fsp3) is 0.185. The van der Waals surface area contributed by atoms with Crippen molar-refractivity contribution in [2.24, 2.45) is 0 Å². The zero-order chi connectivity index (χ0) is 27.2. The fourth-order valence-electron chi connectivity index (χ4n) is 4.29. The van der Waals surface area contributed by atoms with Gasteiger partial charge in [0.15, 0.2) is 24.4 Å². The monoisotopic (exact) mass is 562 g/mol. The third-order valence-electron chi connectivity index (χ3n) is 6.17. The first-order chi connectivity index (χ1) is 18.1. The lowest BCUT2D eigenvalue weighted by Crippen LogP contribution is -2.38. The normalized spacial score (nSPS) is 15.3. The molecule has 4 aromatic rings. The van der Waals surface area contributed by atoms with Crippen LogP contribution < -0.4 is 24.2 Å². The van der Waals surface area contributed by atoms with Crippen LogP contribution in [0, 0.1) is 11.6 Å². The Morgan fingerprint density at radius 1 is 1.03 bits per heavy atom. The van der Waals surface area contributed by atoms with E-state index in [1.807, 2.05) is 29.7 Å². The Bertz CT molecular complexity index is 1730. The van der Waals surface area contributed by atoms with Crippen molar-refractivity contribution in [3.63, 3.8) is 0 Å². The van der Waals surface area contributed by atoms with Crippen molar-refractivity contribution in [1.29, 1.82) is 0 Å². The number of nitrogens with zero attached hydrogens (tertiary/aromatic N) is 3. The molecule has 5 rings (SSSR count). The summed E-state index contributed by atoms with van der Waals surface area (Å²) in [6.07, 6.45) is -0.908. The SMILES string of the molecule is CCn1c(=O)/c(=C2\Sc3c(cccc3C(F)(F)F)N2C)s/c1=C\c1cccc[n+]1Cc1ccc(F)c(F)c1. The summed E-state index contributed by atoms with van der Waals surface area (Å²) in [4.78, 5) is 15.1. The van der Waals surface area contributed by atoms with Crippen LogP contribution in [0.4, 0.5) is 27.6 Å². The molecular weight excluding hydrogens is 541 g/mol. The highest BCUT2D eigenvalue weighted by atomic mass is 32.2. The lowest BCUT2D eigenvalue weighted by Gasteiger charge is -2.13. The number of fused-ring (bicyclic) bond motifs is 1. The summed E-state index contributed by atoms with van der Waals surface area (Å²) in [6, 6.07) is 13.2. The van der Waals surface area contributed by atoms with Crippen LogP contribution in [-0.4, -0.2) is 11.6 Å². The van der Waals surface area contributed by atoms with E-state index in [9.17, 15) is 26.7 Å². The molecule has 2 aromatic carbocycles. The van der Waals surface area contributed by atoms with E-state index in [2.05, 4.69) is 0 Å². The minimum Gasteiger partial charge on any atom is -0.337 e. The zero-order valence-corrected chi connectivity index (χ0v) is 21.9. The van der Waals surface area contributed by atoms with Crippen LogP contribution in [0.1, 0.15) is 23.7 Å². The van der Waals surface area contributed by atoms with Gasteiger partial charge in [-0.15, -0.1) is 11.3 Å². The second kappa shape index (κ2) is 10.0. The first-order valence-corrected chi connectivity index (χ1v) is 13.2. The van der Waals surface area contributed by atoms with Crippen molar-refractivity contribution in [2.45, 2.75) is 31.1 Å². The molecule has 0 bridgehead atoms. The van der Waals surface area contributed by atoms with Crippen LogP contribution in [0.2, 0.25) is 0 Å². The van der Waals surface area contributed by atoms with Crippen LogP contribution in [0.25, 0.3) is 11.1 Å². The quantitative estimate of drug-likeness (QED) is 0.267. The van der Waals surface area contributed by atoms with Gasteiger partial charge in [0.25, 0.3) is 5.56 Å². The molecule has 4 nitrogen and oxygen atoms in total. The highest BCUT2D eigenvalue weighted by molar-refractivity contribution is 8.08. The van der Waals surface area contributed by atoms with Crippen molar-refractivity contribution < 1.29 is 26.5 Å². The fourth-order valence-corrected chi connectivity index (χ4v) is 6.88. The number of hydrogen-bond acceptors (Lipinski definition) is 4. The van der Waals surface area contributed by atoms with E-state index in [1.165, 1.54) is 23.5 Å². The average Bonchev–Trinajstić information content (AvgIpc) is 3.37. The van der Waals surface area contributed by atoms with Gasteiger partial charge >= 0.3 is 6.18 Å². The Morgan fingerprint density at radius 3 is 2.53 bits per heavy atom. The number of anilines is 1. The molecule has 3 heterocycles. The molecule has 2 aromatic heterocycles. The molecule has 0 amide bonds. The summed E-state index contributed by atoms with van der Waals surface area (Å²) in [5.74, 6) is -1.86. The van der Waals surface area contributed by atoms with Crippen molar-refractivity contribution in [3.05, 3.63) is 109 Å². The standard InChI is InChI=1S/C27H21F5N3OS2/c1-3-35-22(14-17-7-4-5-12-34(17)15-16-10-11-19(28)20(29)13-16)37-24(25(35)36)26-33(2)21-9-6-8-18(23(21)38-26)27(30,31)32/h4-14H,3,15H2,1-2H3/q+1/b26-24+. The molecule has 0 fully saturated rings. The number of alkyl halides is 3.